The number of aromatic amines is 1. The molecule has 196 valence electrons. The van der Waals surface area contributed by atoms with Crippen LogP contribution >= 0.6 is 11.6 Å². The van der Waals surface area contributed by atoms with Crippen LogP contribution < -0.4 is 16.0 Å². The number of amides is 2. The van der Waals surface area contributed by atoms with Gasteiger partial charge in [0.25, 0.3) is 17.7 Å². The summed E-state index contributed by atoms with van der Waals surface area (Å²) in [7, 11) is 0. The lowest BCUT2D eigenvalue weighted by Gasteiger charge is -2.18. The summed E-state index contributed by atoms with van der Waals surface area (Å²) in [6, 6.07) is 9.64. The molecule has 2 amide bonds. The fraction of sp³-hybridized carbons (Fsp3) is 0.292. The Morgan fingerprint density at radius 1 is 1.14 bits per heavy atom. The van der Waals surface area contributed by atoms with Crippen LogP contribution in [0.4, 0.5) is 24.5 Å². The number of nitrogens with one attached hydrogen (secondary N) is 4. The van der Waals surface area contributed by atoms with E-state index in [9.17, 15) is 27.9 Å². The topological polar surface area (TPSA) is 122 Å². The molecular formula is C24H24ClF3N6O3. The predicted molar refractivity (Wildman–Crippen MR) is 131 cm³/mol. The largest absolute Gasteiger partial charge is 0.373 e. The van der Waals surface area contributed by atoms with E-state index in [0.29, 0.717) is 17.9 Å². The lowest BCUT2D eigenvalue weighted by atomic mass is 10.2. The number of hydrogen-bond donors (Lipinski definition) is 5. The van der Waals surface area contributed by atoms with E-state index in [1.807, 2.05) is 0 Å². The Bertz CT molecular complexity index is 1270. The minimum absolute atomic E-state index is 0.0227. The number of aliphatic hydroxyl groups is 1. The summed E-state index contributed by atoms with van der Waals surface area (Å²) in [5.74, 6) is -4.36. The first-order valence-electron chi connectivity index (χ1n) is 11.3. The second-order valence-corrected chi connectivity index (χ2v) is 8.92. The maximum atomic E-state index is 13.3. The number of aliphatic hydroxyl groups excluding tert-OH is 1. The van der Waals surface area contributed by atoms with Gasteiger partial charge in [-0.05, 0) is 42.5 Å². The first kappa shape index (κ1) is 26.6. The van der Waals surface area contributed by atoms with Gasteiger partial charge in [0.2, 0.25) is 0 Å². The molecule has 2 heterocycles. The van der Waals surface area contributed by atoms with Crippen molar-refractivity contribution in [3.8, 4) is 0 Å². The van der Waals surface area contributed by atoms with Crippen molar-refractivity contribution in [3.05, 3.63) is 76.6 Å². The van der Waals surface area contributed by atoms with Crippen LogP contribution in [0.25, 0.3) is 0 Å². The number of carbonyl (C=O) groups excluding carboxylic acids is 2. The summed E-state index contributed by atoms with van der Waals surface area (Å²) in [5, 5.41) is 18.5. The van der Waals surface area contributed by atoms with Crippen LogP contribution in [-0.4, -0.2) is 63.9 Å². The van der Waals surface area contributed by atoms with Gasteiger partial charge in [0.15, 0.2) is 5.69 Å². The highest BCUT2D eigenvalue weighted by Gasteiger charge is 2.37. The van der Waals surface area contributed by atoms with Gasteiger partial charge in [0.05, 0.1) is 29.2 Å². The third kappa shape index (κ3) is 6.86. The smallest absolute Gasteiger partial charge is 0.276 e. The van der Waals surface area contributed by atoms with Gasteiger partial charge in [-0.2, -0.15) is 0 Å². The van der Waals surface area contributed by atoms with Crippen LogP contribution in [0.5, 0.6) is 0 Å². The molecule has 1 aliphatic heterocycles. The Morgan fingerprint density at radius 2 is 1.81 bits per heavy atom. The van der Waals surface area contributed by atoms with Crippen molar-refractivity contribution in [3.63, 3.8) is 0 Å². The average molecular weight is 537 g/mol. The quantitative estimate of drug-likeness (QED) is 0.266. The summed E-state index contributed by atoms with van der Waals surface area (Å²) < 4.78 is 39.8. The number of imidazole rings is 1. The molecule has 3 aromatic rings. The van der Waals surface area contributed by atoms with Crippen LogP contribution in [0, 0.1) is 5.82 Å². The van der Waals surface area contributed by atoms with Gasteiger partial charge in [-0.25, -0.2) is 18.2 Å². The van der Waals surface area contributed by atoms with Gasteiger partial charge in [-0.15, -0.1) is 0 Å². The van der Waals surface area contributed by atoms with Crippen LogP contribution in [0.3, 0.4) is 0 Å². The van der Waals surface area contributed by atoms with Crippen LogP contribution in [0.15, 0.2) is 48.8 Å². The second-order valence-electron chi connectivity index (χ2n) is 8.51. The number of aromatic nitrogens is 2. The number of benzene rings is 2. The third-order valence-corrected chi connectivity index (χ3v) is 6.06. The Kier molecular flexibility index (Phi) is 8.13. The molecule has 1 atom stereocenters. The van der Waals surface area contributed by atoms with Crippen LogP contribution in [0.2, 0.25) is 5.02 Å². The Morgan fingerprint density at radius 3 is 2.43 bits per heavy atom. The van der Waals surface area contributed by atoms with Crippen molar-refractivity contribution in [1.29, 1.82) is 0 Å². The predicted octanol–water partition coefficient (Wildman–Crippen LogP) is 3.63. The van der Waals surface area contributed by atoms with Gasteiger partial charge in [0.1, 0.15) is 12.0 Å². The van der Waals surface area contributed by atoms with Gasteiger partial charge < -0.3 is 20.7 Å². The third-order valence-electron chi connectivity index (χ3n) is 5.75. The Labute approximate surface area is 215 Å². The summed E-state index contributed by atoms with van der Waals surface area (Å²) in [4.78, 5) is 33.4. The molecule has 1 aromatic heterocycles. The molecule has 0 bridgehead atoms. The number of halogens is 4. The van der Waals surface area contributed by atoms with Crippen molar-refractivity contribution in [1.82, 2.24) is 20.2 Å². The van der Waals surface area contributed by atoms with Gasteiger partial charge in [-0.3, -0.25) is 19.8 Å². The van der Waals surface area contributed by atoms with E-state index in [0.717, 1.165) is 12.1 Å². The maximum Gasteiger partial charge on any atom is 0.276 e. The van der Waals surface area contributed by atoms with Crippen LogP contribution in [-0.2, 0) is 0 Å². The van der Waals surface area contributed by atoms with Crippen molar-refractivity contribution in [2.45, 2.75) is 18.6 Å². The maximum absolute atomic E-state index is 13.3. The molecule has 1 aliphatic rings. The fourth-order valence-corrected chi connectivity index (χ4v) is 4.11. The summed E-state index contributed by atoms with van der Waals surface area (Å²) in [6.07, 6.45) is -0.187. The lowest BCUT2D eigenvalue weighted by molar-refractivity contribution is 0.0119. The molecule has 5 N–H and O–H groups in total. The average Bonchev–Trinajstić information content (AvgIpc) is 3.46. The number of anilines is 2. The summed E-state index contributed by atoms with van der Waals surface area (Å²) in [5.41, 5.74) is 1.01. The summed E-state index contributed by atoms with van der Waals surface area (Å²) in [6.45, 7) is 0.516. The Balaban J connectivity index is 1.30. The molecule has 4 rings (SSSR count). The van der Waals surface area contributed by atoms with Crippen molar-refractivity contribution in [2.75, 3.05) is 36.8 Å². The van der Waals surface area contributed by atoms with E-state index in [1.165, 1.54) is 12.4 Å². The number of hydrogen-bond acceptors (Lipinski definition) is 6. The van der Waals surface area contributed by atoms with E-state index in [-0.39, 0.29) is 48.0 Å². The summed E-state index contributed by atoms with van der Waals surface area (Å²) >= 11 is 5.92. The molecule has 0 radical (unpaired) electrons. The molecule has 2 aromatic carbocycles. The van der Waals surface area contributed by atoms with E-state index in [2.05, 4.69) is 25.9 Å². The van der Waals surface area contributed by atoms with Crippen LogP contribution in [0.1, 0.15) is 39.2 Å². The van der Waals surface area contributed by atoms with Gasteiger partial charge in [-0.1, -0.05) is 11.6 Å². The molecule has 13 heteroatoms. The highest BCUT2D eigenvalue weighted by Crippen LogP contribution is 2.26. The molecular weight excluding hydrogens is 513 g/mol. The van der Waals surface area contributed by atoms with Gasteiger partial charge in [0, 0.05) is 37.4 Å². The first-order chi connectivity index (χ1) is 17.6. The molecule has 9 nitrogen and oxygen atoms in total. The number of alkyl halides is 2. The molecule has 1 fully saturated rings. The fourth-order valence-electron chi connectivity index (χ4n) is 3.85. The standard InChI is InChI=1S/C24H24ClF3N6O3/c25-18-11-14(26)1-6-17(18)21(35)32-15-2-4-16(5-3-15)33-23(37)20-19(30-13-31-20)22(36)29-8-10-34-9-7-24(27,28)12-34/h1-6,11,13,22,29,36H,7-10,12H2,(H,30,31)(H,32,35)(H,33,37). The van der Waals surface area contributed by atoms with E-state index < -0.39 is 29.8 Å². The molecule has 0 saturated carbocycles. The normalized spacial score (nSPS) is 15.9. The zero-order valence-corrected chi connectivity index (χ0v) is 20.2. The first-order valence-corrected chi connectivity index (χ1v) is 11.7. The van der Waals surface area contributed by atoms with Crippen molar-refractivity contribution < 1.29 is 27.9 Å². The monoisotopic (exact) mass is 536 g/mol. The zero-order valence-electron chi connectivity index (χ0n) is 19.4. The number of carbonyl (C=O) groups is 2. The molecule has 37 heavy (non-hydrogen) atoms. The lowest BCUT2D eigenvalue weighted by Crippen LogP contribution is -2.34. The minimum atomic E-state index is -2.69. The highest BCUT2D eigenvalue weighted by molar-refractivity contribution is 6.34. The number of nitrogens with zero attached hydrogens (tertiary/aromatic N) is 2. The minimum Gasteiger partial charge on any atom is -0.373 e. The SMILES string of the molecule is O=C(Nc1ccc(NC(=O)c2nc[nH]c2C(O)NCCN2CCC(F)(F)C2)cc1)c1ccc(F)cc1Cl. The molecule has 1 saturated heterocycles. The highest BCUT2D eigenvalue weighted by atomic mass is 35.5. The van der Waals surface area contributed by atoms with Gasteiger partial charge >= 0.3 is 0 Å². The molecule has 0 aliphatic carbocycles. The number of H-pyrrole nitrogens is 1. The van der Waals surface area contributed by atoms with E-state index >= 15 is 0 Å². The van der Waals surface area contributed by atoms with E-state index in [4.69, 9.17) is 11.6 Å². The molecule has 1 unspecified atom stereocenters. The second kappa shape index (κ2) is 11.3. The van der Waals surface area contributed by atoms with Crippen molar-refractivity contribution >= 4 is 34.8 Å². The van der Waals surface area contributed by atoms with E-state index in [1.54, 1.807) is 29.2 Å². The number of likely N-dealkylation sites (tertiary alicyclic amines) is 1. The zero-order chi connectivity index (χ0) is 26.6. The Hall–Kier alpha value is -3.45. The molecule has 0 spiro atoms. The number of rotatable bonds is 9. The van der Waals surface area contributed by atoms with Crippen molar-refractivity contribution in [2.24, 2.45) is 0 Å².